The number of carbonyl (C=O) groups is 2. The fourth-order valence-electron chi connectivity index (χ4n) is 9.08. The lowest BCUT2D eigenvalue weighted by atomic mass is 10.0. The van der Waals surface area contributed by atoms with Gasteiger partial charge in [0.15, 0.2) is 0 Å². The number of ether oxygens (including phenoxy) is 1. The number of hydrogen-bond donors (Lipinski definition) is 2. The Hall–Kier alpha value is -2.81. The van der Waals surface area contributed by atoms with E-state index in [1.54, 1.807) is 0 Å². The fourth-order valence-corrected chi connectivity index (χ4v) is 9.82. The van der Waals surface area contributed by atoms with E-state index in [0.29, 0.717) is 17.4 Å². The van der Waals surface area contributed by atoms with Crippen molar-refractivity contribution in [3.8, 4) is 0 Å². The van der Waals surface area contributed by atoms with Crippen molar-refractivity contribution in [2.45, 2.75) is 296 Å². The molecule has 78 heavy (non-hydrogen) atoms. The monoisotopic (exact) mass is 1110 g/mol. The number of quaternary nitrogens is 1. The molecule has 0 saturated heterocycles. The van der Waals surface area contributed by atoms with Gasteiger partial charge in [-0.2, -0.15) is 0 Å². The van der Waals surface area contributed by atoms with Crippen molar-refractivity contribution in [1.82, 2.24) is 5.32 Å². The van der Waals surface area contributed by atoms with Crippen LogP contribution in [0.4, 0.5) is 0 Å². The van der Waals surface area contributed by atoms with E-state index >= 15 is 0 Å². The van der Waals surface area contributed by atoms with Crippen LogP contribution in [0.15, 0.2) is 85.1 Å². The molecule has 0 saturated carbocycles. The number of amides is 1. The van der Waals surface area contributed by atoms with Crippen LogP contribution in [0.3, 0.4) is 0 Å². The molecule has 0 fully saturated rings. The maximum atomic E-state index is 13.6. The average Bonchev–Trinajstić information content (AvgIpc) is 3.40. The van der Waals surface area contributed by atoms with E-state index in [9.17, 15) is 19.0 Å². The number of phosphoric ester groups is 1. The third kappa shape index (κ3) is 57.9. The molecule has 0 aliphatic rings. The molecule has 3 atom stereocenters. The predicted molar refractivity (Wildman–Crippen MR) is 337 cm³/mol. The van der Waals surface area contributed by atoms with Crippen LogP contribution in [-0.2, 0) is 27.9 Å². The summed E-state index contributed by atoms with van der Waals surface area (Å²) >= 11 is 0. The Morgan fingerprint density at radius 1 is 0.462 bits per heavy atom. The lowest BCUT2D eigenvalue weighted by Gasteiger charge is -2.27. The summed E-state index contributed by atoms with van der Waals surface area (Å²) in [7, 11) is 1.48. The minimum absolute atomic E-state index is 0.0354. The van der Waals surface area contributed by atoms with Gasteiger partial charge in [-0.1, -0.05) is 254 Å². The molecule has 0 radical (unpaired) electrons. The van der Waals surface area contributed by atoms with Crippen LogP contribution in [0.2, 0.25) is 0 Å². The van der Waals surface area contributed by atoms with Crippen molar-refractivity contribution in [1.29, 1.82) is 0 Å². The minimum atomic E-state index is -4.45. The molecule has 452 valence electrons. The SMILES string of the molecule is CC/C=C/C/C=C/CCCCCCCCCC(=O)OC(/C=C\CCCCCCCCCCC)C(COP(=O)(O)OCC[N+](C)(C)C)NC(=O)CCCCCCCCCCCCC/C=C\C/C=C\C/C=C\C/C=C\CCCCC. The molecule has 0 spiro atoms. The Morgan fingerprint density at radius 3 is 1.26 bits per heavy atom. The van der Waals surface area contributed by atoms with E-state index in [2.05, 4.69) is 99.0 Å². The smallest absolute Gasteiger partial charge is 0.456 e. The van der Waals surface area contributed by atoms with Crippen LogP contribution < -0.4 is 5.32 Å². The second-order valence-corrected chi connectivity index (χ2v) is 24.4. The summed E-state index contributed by atoms with van der Waals surface area (Å²) in [4.78, 5) is 37.7. The molecule has 0 aromatic rings. The number of unbranched alkanes of at least 4 members (excludes halogenated alkanes) is 30. The molecule has 0 rings (SSSR count). The minimum Gasteiger partial charge on any atom is -0.456 e. The Balaban J connectivity index is 5.05. The topological polar surface area (TPSA) is 111 Å². The van der Waals surface area contributed by atoms with E-state index in [0.717, 1.165) is 103 Å². The van der Waals surface area contributed by atoms with E-state index in [4.69, 9.17) is 13.8 Å². The first-order chi connectivity index (χ1) is 37.9. The van der Waals surface area contributed by atoms with Crippen molar-refractivity contribution in [2.24, 2.45) is 0 Å². The maximum Gasteiger partial charge on any atom is 0.472 e. The van der Waals surface area contributed by atoms with Crippen molar-refractivity contribution in [3.63, 3.8) is 0 Å². The molecule has 0 aliphatic heterocycles. The van der Waals surface area contributed by atoms with Crippen molar-refractivity contribution < 1.29 is 37.3 Å². The van der Waals surface area contributed by atoms with Gasteiger partial charge >= 0.3 is 13.8 Å². The van der Waals surface area contributed by atoms with E-state index in [1.807, 2.05) is 33.3 Å². The van der Waals surface area contributed by atoms with Gasteiger partial charge in [-0.3, -0.25) is 18.6 Å². The molecule has 0 heterocycles. The number of phosphoric acid groups is 1. The van der Waals surface area contributed by atoms with Crippen LogP contribution in [-0.4, -0.2) is 74.3 Å². The zero-order valence-corrected chi connectivity index (χ0v) is 52.5. The Labute approximate surface area is 482 Å². The van der Waals surface area contributed by atoms with Crippen molar-refractivity contribution in [3.05, 3.63) is 85.1 Å². The third-order valence-corrected chi connectivity index (χ3v) is 15.1. The summed E-state index contributed by atoms with van der Waals surface area (Å²) in [5, 5.41) is 3.05. The summed E-state index contributed by atoms with van der Waals surface area (Å²) in [6, 6.07) is -0.856. The highest BCUT2D eigenvalue weighted by atomic mass is 31.2. The van der Waals surface area contributed by atoms with Gasteiger partial charge in [-0.05, 0) is 102 Å². The van der Waals surface area contributed by atoms with Crippen LogP contribution >= 0.6 is 7.82 Å². The zero-order chi connectivity index (χ0) is 57.2. The van der Waals surface area contributed by atoms with Gasteiger partial charge in [0.05, 0.1) is 33.8 Å². The number of allylic oxidation sites excluding steroid dienone is 13. The van der Waals surface area contributed by atoms with Crippen LogP contribution in [0, 0.1) is 0 Å². The van der Waals surface area contributed by atoms with Gasteiger partial charge in [0.1, 0.15) is 19.3 Å². The molecule has 10 heteroatoms. The zero-order valence-electron chi connectivity index (χ0n) is 51.6. The summed E-state index contributed by atoms with van der Waals surface area (Å²) in [5.74, 6) is -0.518. The van der Waals surface area contributed by atoms with Crippen LogP contribution in [0.25, 0.3) is 0 Å². The summed E-state index contributed by atoms with van der Waals surface area (Å²) in [5.41, 5.74) is 0. The van der Waals surface area contributed by atoms with Crippen molar-refractivity contribution >= 4 is 19.7 Å². The lowest BCUT2D eigenvalue weighted by molar-refractivity contribution is -0.870. The molecule has 0 aliphatic carbocycles. The second-order valence-electron chi connectivity index (χ2n) is 22.9. The molecule has 2 N–H and O–H groups in total. The highest BCUT2D eigenvalue weighted by Crippen LogP contribution is 2.43. The largest absolute Gasteiger partial charge is 0.472 e. The molecule has 9 nitrogen and oxygen atoms in total. The van der Waals surface area contributed by atoms with Gasteiger partial charge in [0.25, 0.3) is 0 Å². The van der Waals surface area contributed by atoms with E-state index in [-0.39, 0.29) is 31.5 Å². The summed E-state index contributed by atoms with van der Waals surface area (Å²) < 4.78 is 30.7. The number of nitrogens with one attached hydrogen (secondary N) is 1. The Morgan fingerprint density at radius 2 is 0.821 bits per heavy atom. The number of esters is 1. The summed E-state index contributed by atoms with van der Waals surface area (Å²) in [6.07, 6.45) is 75.9. The van der Waals surface area contributed by atoms with Crippen LogP contribution in [0.1, 0.15) is 284 Å². The van der Waals surface area contributed by atoms with Gasteiger partial charge in [-0.15, -0.1) is 0 Å². The first-order valence-electron chi connectivity index (χ1n) is 32.4. The first-order valence-corrected chi connectivity index (χ1v) is 33.9. The number of hydrogen-bond acceptors (Lipinski definition) is 6. The Bertz CT molecular complexity index is 1610. The molecule has 3 unspecified atom stereocenters. The maximum absolute atomic E-state index is 13.6. The summed E-state index contributed by atoms with van der Waals surface area (Å²) in [6.45, 7) is 6.87. The van der Waals surface area contributed by atoms with Gasteiger partial charge in [0.2, 0.25) is 5.91 Å². The highest BCUT2D eigenvalue weighted by Gasteiger charge is 2.30. The number of likely N-dealkylation sites (N-methyl/N-ethyl adjacent to an activating group) is 1. The normalized spacial score (nSPS) is 14.2. The van der Waals surface area contributed by atoms with E-state index < -0.39 is 20.0 Å². The second kappa shape index (κ2) is 57.4. The standard InChI is InChI=1S/C68H123N2O7P/c1-7-10-13-16-19-22-25-27-29-30-31-32-33-34-35-36-37-38-39-40-41-42-45-48-51-54-57-60-67(71)69-65(64-76-78(73,74)75-63-62-70(4,5)6)66(59-56-53-50-47-44-24-21-18-15-12-9-3)77-68(72)61-58-55-52-49-46-43-28-26-23-20-17-14-11-8-2/h11,14,19-20,22-23,27,29,31-32,34-35,56,59,65-66H,7-10,12-13,15-18,21,24-26,28,30,33,36-55,57-58,60-64H2,1-6H3,(H-,69,71,73,74)/p+1/b14-11+,22-19-,23-20+,29-27-,32-31-,35-34-,59-56-. The van der Waals surface area contributed by atoms with Crippen molar-refractivity contribution in [2.75, 3.05) is 40.9 Å². The number of nitrogens with zero attached hydrogens (tertiary/aromatic N) is 1. The van der Waals surface area contributed by atoms with Gasteiger partial charge < -0.3 is 19.4 Å². The molecule has 0 aromatic carbocycles. The van der Waals surface area contributed by atoms with Gasteiger partial charge in [-0.25, -0.2) is 4.57 Å². The molecule has 1 amide bonds. The van der Waals surface area contributed by atoms with Crippen LogP contribution in [0.5, 0.6) is 0 Å². The molecular formula is C68H124N2O7P+. The number of carbonyl (C=O) groups excluding carboxylic acids is 2. The molecule has 0 bridgehead atoms. The quantitative estimate of drug-likeness (QED) is 0.0205. The predicted octanol–water partition coefficient (Wildman–Crippen LogP) is 20.2. The lowest BCUT2D eigenvalue weighted by Crippen LogP contribution is -2.47. The van der Waals surface area contributed by atoms with Gasteiger partial charge in [0, 0.05) is 12.8 Å². The number of rotatable bonds is 58. The average molecular weight is 1110 g/mol. The molecular weight excluding hydrogens is 988 g/mol. The third-order valence-electron chi connectivity index (χ3n) is 14.1. The molecule has 0 aromatic heterocycles. The highest BCUT2D eigenvalue weighted by molar-refractivity contribution is 7.47. The fraction of sp³-hybridized carbons (Fsp3) is 0.765. The van der Waals surface area contributed by atoms with E-state index in [1.165, 1.54) is 148 Å². The first kappa shape index (κ1) is 75.2. The Kier molecular flexibility index (Phi) is 55.4.